The fraction of sp³-hybridized carbons (Fsp3) is 0.125. The average molecular weight is 480 g/mol. The quantitative estimate of drug-likeness (QED) is 0.491. The minimum Gasteiger partial charge on any atom is -0.493 e. The van der Waals surface area contributed by atoms with Crippen molar-refractivity contribution in [3.63, 3.8) is 0 Å². The SMILES string of the molecule is COc1cc(C=O)cc(I)c1OCC(=O)Nc1cccc(Cl)c1Cl. The Morgan fingerprint density at radius 2 is 2.08 bits per heavy atom. The summed E-state index contributed by atoms with van der Waals surface area (Å²) in [6.07, 6.45) is 0.711. The maximum atomic E-state index is 12.0. The van der Waals surface area contributed by atoms with Crippen molar-refractivity contribution in [3.05, 3.63) is 49.5 Å². The number of halogens is 3. The fourth-order valence-electron chi connectivity index (χ4n) is 1.87. The molecule has 8 heteroatoms. The Kier molecular flexibility index (Phi) is 6.70. The van der Waals surface area contributed by atoms with Gasteiger partial charge in [-0.15, -0.1) is 0 Å². The second kappa shape index (κ2) is 8.55. The topological polar surface area (TPSA) is 64.6 Å². The number of ether oxygens (including phenoxy) is 2. The number of benzene rings is 2. The molecule has 1 N–H and O–H groups in total. The van der Waals surface area contributed by atoms with Gasteiger partial charge in [-0.3, -0.25) is 9.59 Å². The maximum absolute atomic E-state index is 12.0. The molecule has 0 atom stereocenters. The molecule has 0 aliphatic rings. The molecule has 2 rings (SSSR count). The molecule has 0 unspecified atom stereocenters. The summed E-state index contributed by atoms with van der Waals surface area (Å²) >= 11 is 13.9. The van der Waals surface area contributed by atoms with Gasteiger partial charge in [-0.25, -0.2) is 0 Å². The Morgan fingerprint density at radius 1 is 1.33 bits per heavy atom. The van der Waals surface area contributed by atoms with Crippen LogP contribution in [0.25, 0.3) is 0 Å². The van der Waals surface area contributed by atoms with Gasteiger partial charge in [0, 0.05) is 5.56 Å². The van der Waals surface area contributed by atoms with Crippen molar-refractivity contribution in [1.82, 2.24) is 0 Å². The highest BCUT2D eigenvalue weighted by Crippen LogP contribution is 2.34. The first-order valence-corrected chi connectivity index (χ1v) is 8.49. The van der Waals surface area contributed by atoms with Gasteiger partial charge >= 0.3 is 0 Å². The van der Waals surface area contributed by atoms with Crippen LogP contribution >= 0.6 is 45.8 Å². The zero-order valence-electron chi connectivity index (χ0n) is 12.4. The molecular weight excluding hydrogens is 468 g/mol. The predicted octanol–water partition coefficient (Wildman–Crippen LogP) is 4.44. The summed E-state index contributed by atoms with van der Waals surface area (Å²) in [6, 6.07) is 8.11. The molecule has 0 aromatic heterocycles. The van der Waals surface area contributed by atoms with Gasteiger partial charge in [0.05, 0.1) is 26.4 Å². The summed E-state index contributed by atoms with van der Waals surface area (Å²) in [5.41, 5.74) is 0.856. The van der Waals surface area contributed by atoms with Crippen molar-refractivity contribution in [2.24, 2.45) is 0 Å². The van der Waals surface area contributed by atoms with Crippen LogP contribution in [-0.4, -0.2) is 25.9 Å². The molecule has 5 nitrogen and oxygen atoms in total. The summed E-state index contributed by atoms with van der Waals surface area (Å²) in [5, 5.41) is 3.22. The van der Waals surface area contributed by atoms with E-state index in [-0.39, 0.29) is 11.6 Å². The Balaban J connectivity index is 2.09. The lowest BCUT2D eigenvalue weighted by Gasteiger charge is -2.13. The number of hydrogen-bond donors (Lipinski definition) is 1. The van der Waals surface area contributed by atoms with Gasteiger partial charge in [0.1, 0.15) is 6.29 Å². The van der Waals surface area contributed by atoms with E-state index in [1.807, 2.05) is 22.6 Å². The molecule has 0 spiro atoms. The van der Waals surface area contributed by atoms with E-state index in [1.54, 1.807) is 24.3 Å². The van der Waals surface area contributed by atoms with Gasteiger partial charge < -0.3 is 14.8 Å². The van der Waals surface area contributed by atoms with E-state index in [0.29, 0.717) is 37.6 Å². The summed E-state index contributed by atoms with van der Waals surface area (Å²) in [5.74, 6) is 0.352. The molecule has 1 amide bonds. The zero-order chi connectivity index (χ0) is 17.7. The molecule has 0 aliphatic heterocycles. The van der Waals surface area contributed by atoms with Crippen LogP contribution in [0.1, 0.15) is 10.4 Å². The number of nitrogens with one attached hydrogen (secondary N) is 1. The van der Waals surface area contributed by atoms with Crippen LogP contribution in [0.15, 0.2) is 30.3 Å². The molecule has 2 aromatic carbocycles. The van der Waals surface area contributed by atoms with E-state index >= 15 is 0 Å². The van der Waals surface area contributed by atoms with Gasteiger partial charge in [-0.05, 0) is 46.9 Å². The number of amides is 1. The third-order valence-corrected chi connectivity index (χ3v) is 4.58. The molecule has 0 radical (unpaired) electrons. The van der Waals surface area contributed by atoms with Gasteiger partial charge in [0.2, 0.25) is 0 Å². The minimum atomic E-state index is -0.406. The lowest BCUT2D eigenvalue weighted by Crippen LogP contribution is -2.21. The van der Waals surface area contributed by atoms with E-state index in [0.717, 1.165) is 0 Å². The van der Waals surface area contributed by atoms with Crippen LogP contribution in [0.4, 0.5) is 5.69 Å². The maximum Gasteiger partial charge on any atom is 0.262 e. The normalized spacial score (nSPS) is 10.2. The van der Waals surface area contributed by atoms with E-state index < -0.39 is 5.91 Å². The first kappa shape index (κ1) is 18.8. The summed E-state index contributed by atoms with van der Waals surface area (Å²) in [4.78, 5) is 22.9. The predicted molar refractivity (Wildman–Crippen MR) is 102 cm³/mol. The Bertz CT molecular complexity index is 783. The minimum absolute atomic E-state index is 0.254. The van der Waals surface area contributed by atoms with Gasteiger partial charge in [0.25, 0.3) is 5.91 Å². The van der Waals surface area contributed by atoms with Gasteiger partial charge in [-0.2, -0.15) is 0 Å². The van der Waals surface area contributed by atoms with E-state index in [9.17, 15) is 9.59 Å². The monoisotopic (exact) mass is 479 g/mol. The molecule has 0 saturated carbocycles. The molecule has 126 valence electrons. The molecular formula is C16H12Cl2INO4. The first-order valence-electron chi connectivity index (χ1n) is 6.65. The second-order valence-electron chi connectivity index (χ2n) is 4.59. The van der Waals surface area contributed by atoms with Crippen molar-refractivity contribution in [3.8, 4) is 11.5 Å². The van der Waals surface area contributed by atoms with Crippen LogP contribution < -0.4 is 14.8 Å². The number of rotatable bonds is 6. The van der Waals surface area contributed by atoms with Crippen LogP contribution in [0.5, 0.6) is 11.5 Å². The van der Waals surface area contributed by atoms with Gasteiger partial charge in [0.15, 0.2) is 18.1 Å². The Morgan fingerprint density at radius 3 is 2.75 bits per heavy atom. The Labute approximate surface area is 162 Å². The largest absolute Gasteiger partial charge is 0.493 e. The number of aldehydes is 1. The highest BCUT2D eigenvalue weighted by Gasteiger charge is 2.14. The number of anilines is 1. The van der Waals surface area contributed by atoms with E-state index in [4.69, 9.17) is 32.7 Å². The lowest BCUT2D eigenvalue weighted by atomic mass is 10.2. The molecule has 0 saturated heterocycles. The van der Waals surface area contributed by atoms with Crippen molar-refractivity contribution in [2.45, 2.75) is 0 Å². The number of carbonyl (C=O) groups is 2. The molecule has 0 fully saturated rings. The van der Waals surface area contributed by atoms with E-state index in [2.05, 4.69) is 5.32 Å². The van der Waals surface area contributed by atoms with Crippen LogP contribution in [0.3, 0.4) is 0 Å². The van der Waals surface area contributed by atoms with Crippen LogP contribution in [0.2, 0.25) is 10.0 Å². The van der Waals surface area contributed by atoms with Crippen LogP contribution in [0, 0.1) is 3.57 Å². The highest BCUT2D eigenvalue weighted by molar-refractivity contribution is 14.1. The standard InChI is InChI=1S/C16H12Cl2INO4/c1-23-13-6-9(7-21)5-11(19)16(13)24-8-14(22)20-12-4-2-3-10(17)15(12)18/h2-7H,8H2,1H3,(H,20,22). The highest BCUT2D eigenvalue weighted by atomic mass is 127. The summed E-state index contributed by atoms with van der Waals surface area (Å²) in [7, 11) is 1.46. The van der Waals surface area contributed by atoms with Crippen molar-refractivity contribution < 1.29 is 19.1 Å². The van der Waals surface area contributed by atoms with Crippen molar-refractivity contribution in [1.29, 1.82) is 0 Å². The Hall–Kier alpha value is -1.51. The average Bonchev–Trinajstić information content (AvgIpc) is 2.57. The van der Waals surface area contributed by atoms with Crippen molar-refractivity contribution >= 4 is 63.7 Å². The number of hydrogen-bond acceptors (Lipinski definition) is 4. The molecule has 24 heavy (non-hydrogen) atoms. The van der Waals surface area contributed by atoms with E-state index in [1.165, 1.54) is 13.2 Å². The second-order valence-corrected chi connectivity index (χ2v) is 6.54. The smallest absolute Gasteiger partial charge is 0.262 e. The van der Waals surface area contributed by atoms with Gasteiger partial charge in [-0.1, -0.05) is 29.3 Å². The van der Waals surface area contributed by atoms with Crippen molar-refractivity contribution in [2.75, 3.05) is 19.0 Å². The number of carbonyl (C=O) groups excluding carboxylic acids is 2. The first-order chi connectivity index (χ1) is 11.5. The fourth-order valence-corrected chi connectivity index (χ4v) is 3.00. The van der Waals surface area contributed by atoms with Crippen LogP contribution in [-0.2, 0) is 4.79 Å². The molecule has 0 bridgehead atoms. The molecule has 2 aromatic rings. The number of methoxy groups -OCH3 is 1. The third-order valence-electron chi connectivity index (χ3n) is 2.96. The molecule has 0 heterocycles. The third kappa shape index (κ3) is 4.52. The zero-order valence-corrected chi connectivity index (χ0v) is 16.1. The molecule has 0 aliphatic carbocycles. The lowest BCUT2D eigenvalue weighted by molar-refractivity contribution is -0.118. The summed E-state index contributed by atoms with van der Waals surface area (Å²) in [6.45, 7) is -0.254. The summed E-state index contributed by atoms with van der Waals surface area (Å²) < 4.78 is 11.4.